The van der Waals surface area contributed by atoms with Crippen molar-refractivity contribution in [2.45, 2.75) is 20.3 Å². The number of hydrogen-bond donors (Lipinski definition) is 1. The van der Waals surface area contributed by atoms with Gasteiger partial charge in [0.15, 0.2) is 0 Å². The van der Waals surface area contributed by atoms with Crippen molar-refractivity contribution in [2.24, 2.45) is 5.92 Å². The standard InChI is InChI=1S/C8H12N4O2/c1-5(2)3-6-7(12(13)14)4-10-8(9)11-6/h4-5H,3H2,1-2H3,(H2,9,10,11). The van der Waals surface area contributed by atoms with Gasteiger partial charge in [0.1, 0.15) is 11.9 Å². The van der Waals surface area contributed by atoms with Crippen molar-refractivity contribution in [2.75, 3.05) is 5.73 Å². The third kappa shape index (κ3) is 2.38. The summed E-state index contributed by atoms with van der Waals surface area (Å²) in [5, 5.41) is 10.6. The van der Waals surface area contributed by atoms with Crippen LogP contribution in [0.1, 0.15) is 19.5 Å². The lowest BCUT2D eigenvalue weighted by molar-refractivity contribution is -0.386. The van der Waals surface area contributed by atoms with E-state index in [0.29, 0.717) is 18.0 Å². The van der Waals surface area contributed by atoms with Crippen LogP contribution in [-0.2, 0) is 6.42 Å². The molecular weight excluding hydrogens is 184 g/mol. The lowest BCUT2D eigenvalue weighted by Crippen LogP contribution is -2.06. The Labute approximate surface area is 81.3 Å². The average Bonchev–Trinajstić information content (AvgIpc) is 2.01. The molecular formula is C8H12N4O2. The van der Waals surface area contributed by atoms with Crippen LogP contribution in [0, 0.1) is 16.0 Å². The molecule has 1 heterocycles. The predicted molar refractivity (Wildman–Crippen MR) is 51.6 cm³/mol. The first-order valence-corrected chi connectivity index (χ1v) is 4.26. The van der Waals surface area contributed by atoms with Crippen molar-refractivity contribution in [1.29, 1.82) is 0 Å². The molecule has 1 aromatic heterocycles. The van der Waals surface area contributed by atoms with E-state index in [2.05, 4.69) is 9.97 Å². The van der Waals surface area contributed by atoms with Crippen molar-refractivity contribution in [1.82, 2.24) is 9.97 Å². The van der Waals surface area contributed by atoms with Gasteiger partial charge in [0.2, 0.25) is 5.95 Å². The Bertz CT molecular complexity index is 351. The number of nitrogens with zero attached hydrogens (tertiary/aromatic N) is 3. The minimum atomic E-state index is -0.489. The molecule has 2 N–H and O–H groups in total. The maximum atomic E-state index is 10.6. The summed E-state index contributed by atoms with van der Waals surface area (Å²) >= 11 is 0. The number of hydrogen-bond acceptors (Lipinski definition) is 5. The molecule has 6 nitrogen and oxygen atoms in total. The summed E-state index contributed by atoms with van der Waals surface area (Å²) in [5.41, 5.74) is 5.70. The molecule has 0 aliphatic carbocycles. The average molecular weight is 196 g/mol. The van der Waals surface area contributed by atoms with Gasteiger partial charge in [0.05, 0.1) is 4.92 Å². The fourth-order valence-electron chi connectivity index (χ4n) is 1.12. The zero-order chi connectivity index (χ0) is 10.7. The molecule has 1 aromatic rings. The quantitative estimate of drug-likeness (QED) is 0.578. The van der Waals surface area contributed by atoms with Crippen LogP contribution in [0.2, 0.25) is 0 Å². The third-order valence-electron chi connectivity index (χ3n) is 1.66. The molecule has 14 heavy (non-hydrogen) atoms. The Balaban J connectivity index is 3.09. The molecule has 1 rings (SSSR count). The number of nitrogens with two attached hydrogens (primary N) is 1. The minimum Gasteiger partial charge on any atom is -0.368 e. The summed E-state index contributed by atoms with van der Waals surface area (Å²) in [7, 11) is 0. The number of nitro groups is 1. The molecule has 0 saturated heterocycles. The van der Waals surface area contributed by atoms with Gasteiger partial charge in [0.25, 0.3) is 0 Å². The second-order valence-electron chi connectivity index (χ2n) is 3.42. The summed E-state index contributed by atoms with van der Waals surface area (Å²) < 4.78 is 0. The first kappa shape index (κ1) is 10.4. The third-order valence-corrected chi connectivity index (χ3v) is 1.66. The lowest BCUT2D eigenvalue weighted by Gasteiger charge is -2.04. The number of nitrogen functional groups attached to an aromatic ring is 1. The van der Waals surface area contributed by atoms with Gasteiger partial charge in [-0.15, -0.1) is 0 Å². The van der Waals surface area contributed by atoms with Gasteiger partial charge < -0.3 is 5.73 Å². The normalized spacial score (nSPS) is 10.5. The zero-order valence-corrected chi connectivity index (χ0v) is 8.10. The largest absolute Gasteiger partial charge is 0.368 e. The van der Waals surface area contributed by atoms with Crippen molar-refractivity contribution in [3.8, 4) is 0 Å². The van der Waals surface area contributed by atoms with Crippen LogP contribution >= 0.6 is 0 Å². The molecule has 0 unspecified atom stereocenters. The topological polar surface area (TPSA) is 94.9 Å². The van der Waals surface area contributed by atoms with E-state index in [0.717, 1.165) is 6.20 Å². The molecule has 0 atom stereocenters. The van der Waals surface area contributed by atoms with Crippen LogP contribution in [-0.4, -0.2) is 14.9 Å². The Morgan fingerprint density at radius 1 is 1.64 bits per heavy atom. The molecule has 0 radical (unpaired) electrons. The van der Waals surface area contributed by atoms with Gasteiger partial charge in [-0.25, -0.2) is 9.97 Å². The SMILES string of the molecule is CC(C)Cc1nc(N)ncc1[N+](=O)[O-]. The number of aromatic nitrogens is 2. The van der Waals surface area contributed by atoms with Crippen LogP contribution < -0.4 is 5.73 Å². The van der Waals surface area contributed by atoms with Gasteiger partial charge in [-0.05, 0) is 12.3 Å². The van der Waals surface area contributed by atoms with E-state index in [4.69, 9.17) is 5.73 Å². The lowest BCUT2D eigenvalue weighted by atomic mass is 10.1. The first-order chi connectivity index (χ1) is 6.50. The summed E-state index contributed by atoms with van der Waals surface area (Å²) in [6.45, 7) is 3.92. The summed E-state index contributed by atoms with van der Waals surface area (Å²) in [4.78, 5) is 17.6. The molecule has 0 aromatic carbocycles. The van der Waals surface area contributed by atoms with E-state index in [9.17, 15) is 10.1 Å². The van der Waals surface area contributed by atoms with Crippen LogP contribution in [0.15, 0.2) is 6.20 Å². The van der Waals surface area contributed by atoms with E-state index in [-0.39, 0.29) is 11.6 Å². The second-order valence-corrected chi connectivity index (χ2v) is 3.42. The molecule has 76 valence electrons. The van der Waals surface area contributed by atoms with Gasteiger partial charge in [-0.3, -0.25) is 10.1 Å². The monoisotopic (exact) mass is 196 g/mol. The zero-order valence-electron chi connectivity index (χ0n) is 8.10. The summed E-state index contributed by atoms with van der Waals surface area (Å²) in [5.74, 6) is 0.370. The Morgan fingerprint density at radius 3 is 2.79 bits per heavy atom. The number of anilines is 1. The van der Waals surface area contributed by atoms with Gasteiger partial charge >= 0.3 is 5.69 Å². The Morgan fingerprint density at radius 2 is 2.29 bits per heavy atom. The highest BCUT2D eigenvalue weighted by Crippen LogP contribution is 2.18. The van der Waals surface area contributed by atoms with Crippen molar-refractivity contribution in [3.63, 3.8) is 0 Å². The van der Waals surface area contributed by atoms with Gasteiger partial charge in [-0.2, -0.15) is 0 Å². The highest BCUT2D eigenvalue weighted by atomic mass is 16.6. The van der Waals surface area contributed by atoms with Crippen molar-refractivity contribution < 1.29 is 4.92 Å². The highest BCUT2D eigenvalue weighted by molar-refractivity contribution is 5.36. The van der Waals surface area contributed by atoms with Crippen LogP contribution in [0.25, 0.3) is 0 Å². The molecule has 0 aliphatic rings. The molecule has 0 fully saturated rings. The van der Waals surface area contributed by atoms with Crippen LogP contribution in [0.3, 0.4) is 0 Å². The van der Waals surface area contributed by atoms with Gasteiger partial charge in [-0.1, -0.05) is 13.8 Å². The smallest absolute Gasteiger partial charge is 0.309 e. The summed E-state index contributed by atoms with van der Waals surface area (Å²) in [6.07, 6.45) is 1.68. The Kier molecular flexibility index (Phi) is 2.95. The van der Waals surface area contributed by atoms with E-state index in [1.165, 1.54) is 0 Å². The van der Waals surface area contributed by atoms with Crippen LogP contribution in [0.4, 0.5) is 11.6 Å². The fourth-order valence-corrected chi connectivity index (χ4v) is 1.12. The predicted octanol–water partition coefficient (Wildman–Crippen LogP) is 1.17. The maximum Gasteiger partial charge on any atom is 0.309 e. The molecule has 0 amide bonds. The number of rotatable bonds is 3. The van der Waals surface area contributed by atoms with E-state index in [1.807, 2.05) is 13.8 Å². The molecule has 0 spiro atoms. The summed E-state index contributed by atoms with van der Waals surface area (Å²) in [6, 6.07) is 0. The molecule has 0 saturated carbocycles. The Hall–Kier alpha value is -1.72. The minimum absolute atomic E-state index is 0.0621. The maximum absolute atomic E-state index is 10.6. The second kappa shape index (κ2) is 3.99. The van der Waals surface area contributed by atoms with E-state index in [1.54, 1.807) is 0 Å². The van der Waals surface area contributed by atoms with Gasteiger partial charge in [0, 0.05) is 0 Å². The fraction of sp³-hybridized carbons (Fsp3) is 0.500. The van der Waals surface area contributed by atoms with Crippen molar-refractivity contribution in [3.05, 3.63) is 22.0 Å². The molecule has 0 bridgehead atoms. The molecule has 0 aliphatic heterocycles. The van der Waals surface area contributed by atoms with E-state index < -0.39 is 4.92 Å². The van der Waals surface area contributed by atoms with E-state index >= 15 is 0 Å². The molecule has 6 heteroatoms. The van der Waals surface area contributed by atoms with Crippen molar-refractivity contribution >= 4 is 11.6 Å². The van der Waals surface area contributed by atoms with Crippen LogP contribution in [0.5, 0.6) is 0 Å². The first-order valence-electron chi connectivity index (χ1n) is 4.26. The highest BCUT2D eigenvalue weighted by Gasteiger charge is 2.16.